The average molecular weight is 193 g/mol. The highest BCUT2D eigenvalue weighted by Gasteiger charge is 2.03. The summed E-state index contributed by atoms with van der Waals surface area (Å²) in [5, 5.41) is 18.2. The summed E-state index contributed by atoms with van der Waals surface area (Å²) in [7, 11) is 1.77. The second kappa shape index (κ2) is 3.44. The maximum absolute atomic E-state index is 4.12. The molecule has 0 aliphatic carbocycles. The summed E-state index contributed by atoms with van der Waals surface area (Å²) in [5.41, 5.74) is 0.879. The zero-order chi connectivity index (χ0) is 9.97. The van der Waals surface area contributed by atoms with E-state index in [-0.39, 0.29) is 0 Å². The molecule has 0 bridgehead atoms. The van der Waals surface area contributed by atoms with Crippen molar-refractivity contribution in [1.82, 2.24) is 30.0 Å². The molecular formula is C7H11N7. The van der Waals surface area contributed by atoms with Crippen LogP contribution in [-0.2, 0) is 13.6 Å². The second-order valence-corrected chi connectivity index (χ2v) is 2.84. The van der Waals surface area contributed by atoms with Gasteiger partial charge in [-0.15, -0.1) is 0 Å². The van der Waals surface area contributed by atoms with E-state index >= 15 is 0 Å². The number of tetrazole rings is 1. The van der Waals surface area contributed by atoms with Crippen LogP contribution in [-0.4, -0.2) is 30.0 Å². The van der Waals surface area contributed by atoms with Crippen LogP contribution in [0.15, 0.2) is 12.4 Å². The minimum atomic E-state index is 0.598. The minimum absolute atomic E-state index is 0.598. The van der Waals surface area contributed by atoms with Gasteiger partial charge in [0.2, 0.25) is 5.95 Å². The van der Waals surface area contributed by atoms with Crippen LogP contribution in [0.25, 0.3) is 0 Å². The topological polar surface area (TPSA) is 73.5 Å². The predicted molar refractivity (Wildman–Crippen MR) is 50.0 cm³/mol. The first-order valence-corrected chi connectivity index (χ1v) is 4.31. The minimum Gasteiger partial charge on any atom is -0.320 e. The molecule has 7 heteroatoms. The van der Waals surface area contributed by atoms with E-state index in [0.29, 0.717) is 5.95 Å². The lowest BCUT2D eigenvalue weighted by atomic mass is 10.6. The molecule has 14 heavy (non-hydrogen) atoms. The van der Waals surface area contributed by atoms with Gasteiger partial charge in [-0.1, -0.05) is 5.10 Å². The molecule has 0 aliphatic rings. The molecule has 0 aliphatic heterocycles. The first kappa shape index (κ1) is 8.67. The second-order valence-electron chi connectivity index (χ2n) is 2.84. The Morgan fingerprint density at radius 3 is 2.93 bits per heavy atom. The van der Waals surface area contributed by atoms with Crippen LogP contribution in [0.2, 0.25) is 0 Å². The smallest absolute Gasteiger partial charge is 0.247 e. The molecular weight excluding hydrogens is 182 g/mol. The van der Waals surface area contributed by atoms with Crippen molar-refractivity contribution in [3.05, 3.63) is 12.4 Å². The highest BCUT2D eigenvalue weighted by Crippen LogP contribution is 2.10. The quantitative estimate of drug-likeness (QED) is 0.752. The van der Waals surface area contributed by atoms with Gasteiger partial charge in [-0.3, -0.25) is 4.68 Å². The number of hydrogen-bond acceptors (Lipinski definition) is 5. The summed E-state index contributed by atoms with van der Waals surface area (Å²) >= 11 is 0. The number of nitrogens with one attached hydrogen (secondary N) is 1. The van der Waals surface area contributed by atoms with Crippen LogP contribution in [0.5, 0.6) is 0 Å². The molecule has 2 aromatic rings. The third-order valence-electron chi connectivity index (χ3n) is 1.83. The van der Waals surface area contributed by atoms with Gasteiger partial charge in [-0.25, -0.2) is 4.68 Å². The lowest BCUT2D eigenvalue weighted by molar-refractivity contribution is 0.660. The number of hydrogen-bond donors (Lipinski definition) is 1. The third-order valence-corrected chi connectivity index (χ3v) is 1.83. The third kappa shape index (κ3) is 1.56. The Kier molecular flexibility index (Phi) is 2.13. The van der Waals surface area contributed by atoms with Crippen molar-refractivity contribution in [2.24, 2.45) is 7.05 Å². The standard InChI is InChI=1S/C7H11N7/c1-3-14-5-6(4-8-14)9-7-10-11-12-13(7)2/h4-5H,3H2,1-2H3,(H,9,10,12). The van der Waals surface area contributed by atoms with Gasteiger partial charge >= 0.3 is 0 Å². The molecule has 0 saturated heterocycles. The molecule has 1 N–H and O–H groups in total. The fourth-order valence-electron chi connectivity index (χ4n) is 1.07. The van der Waals surface area contributed by atoms with Gasteiger partial charge < -0.3 is 5.32 Å². The molecule has 0 radical (unpaired) electrons. The highest BCUT2D eigenvalue weighted by molar-refractivity contribution is 5.49. The number of rotatable bonds is 3. The Morgan fingerprint density at radius 2 is 2.36 bits per heavy atom. The summed E-state index contributed by atoms with van der Waals surface area (Å²) in [6, 6.07) is 0. The van der Waals surface area contributed by atoms with Crippen LogP contribution in [0.4, 0.5) is 11.6 Å². The Bertz CT molecular complexity index is 415. The van der Waals surface area contributed by atoms with Gasteiger partial charge in [0.15, 0.2) is 0 Å². The first-order valence-electron chi connectivity index (χ1n) is 4.31. The van der Waals surface area contributed by atoms with E-state index < -0.39 is 0 Å². The van der Waals surface area contributed by atoms with Gasteiger partial charge in [-0.2, -0.15) is 5.10 Å². The average Bonchev–Trinajstić information content (AvgIpc) is 2.77. The monoisotopic (exact) mass is 193 g/mol. The van der Waals surface area contributed by atoms with Crippen molar-refractivity contribution in [1.29, 1.82) is 0 Å². The van der Waals surface area contributed by atoms with Gasteiger partial charge in [0.05, 0.1) is 11.9 Å². The number of aryl methyl sites for hydroxylation is 2. The van der Waals surface area contributed by atoms with E-state index in [1.807, 2.05) is 17.8 Å². The maximum atomic E-state index is 4.12. The predicted octanol–water partition coefficient (Wildman–Crippen LogP) is 0.170. The summed E-state index contributed by atoms with van der Waals surface area (Å²) in [5.74, 6) is 0.598. The normalized spacial score (nSPS) is 10.4. The van der Waals surface area contributed by atoms with E-state index in [9.17, 15) is 0 Å². The molecule has 2 aromatic heterocycles. The van der Waals surface area contributed by atoms with E-state index in [1.165, 1.54) is 0 Å². The summed E-state index contributed by atoms with van der Waals surface area (Å²) in [4.78, 5) is 0. The lowest BCUT2D eigenvalue weighted by Crippen LogP contribution is -1.99. The van der Waals surface area contributed by atoms with Gasteiger partial charge in [0.25, 0.3) is 0 Å². The Hall–Kier alpha value is -1.92. The fraction of sp³-hybridized carbons (Fsp3) is 0.429. The number of anilines is 2. The Morgan fingerprint density at radius 1 is 1.50 bits per heavy atom. The van der Waals surface area contributed by atoms with Gasteiger partial charge in [-0.05, 0) is 17.4 Å². The number of nitrogens with zero attached hydrogens (tertiary/aromatic N) is 6. The summed E-state index contributed by atoms with van der Waals surface area (Å²) in [6.07, 6.45) is 3.63. The summed E-state index contributed by atoms with van der Waals surface area (Å²) in [6.45, 7) is 2.87. The van der Waals surface area contributed by atoms with Crippen LogP contribution >= 0.6 is 0 Å². The van der Waals surface area contributed by atoms with Crippen LogP contribution in [0, 0.1) is 0 Å². The highest BCUT2D eigenvalue weighted by atomic mass is 15.6. The van der Waals surface area contributed by atoms with Crippen molar-refractivity contribution in [2.45, 2.75) is 13.5 Å². The number of aromatic nitrogens is 6. The molecule has 0 atom stereocenters. The zero-order valence-electron chi connectivity index (χ0n) is 8.05. The van der Waals surface area contributed by atoms with E-state index in [4.69, 9.17) is 0 Å². The van der Waals surface area contributed by atoms with E-state index in [0.717, 1.165) is 12.2 Å². The molecule has 0 unspecified atom stereocenters. The SMILES string of the molecule is CCn1cc(Nc2nnnn2C)cn1. The molecule has 7 nitrogen and oxygen atoms in total. The molecule has 0 saturated carbocycles. The zero-order valence-corrected chi connectivity index (χ0v) is 8.05. The molecule has 0 spiro atoms. The molecule has 0 amide bonds. The Balaban J connectivity index is 2.15. The van der Waals surface area contributed by atoms with Crippen molar-refractivity contribution in [3.8, 4) is 0 Å². The molecule has 0 fully saturated rings. The van der Waals surface area contributed by atoms with Crippen molar-refractivity contribution in [2.75, 3.05) is 5.32 Å². The lowest BCUT2D eigenvalue weighted by Gasteiger charge is -1.98. The Labute approximate surface area is 80.7 Å². The van der Waals surface area contributed by atoms with Crippen LogP contribution in [0.1, 0.15) is 6.92 Å². The van der Waals surface area contributed by atoms with E-state index in [1.54, 1.807) is 17.9 Å². The van der Waals surface area contributed by atoms with Crippen molar-refractivity contribution < 1.29 is 0 Å². The molecule has 2 rings (SSSR count). The summed E-state index contributed by atoms with van der Waals surface area (Å²) < 4.78 is 3.38. The first-order chi connectivity index (χ1) is 6.79. The van der Waals surface area contributed by atoms with Crippen molar-refractivity contribution in [3.63, 3.8) is 0 Å². The molecule has 2 heterocycles. The largest absolute Gasteiger partial charge is 0.320 e. The van der Waals surface area contributed by atoms with E-state index in [2.05, 4.69) is 25.9 Å². The maximum Gasteiger partial charge on any atom is 0.247 e. The van der Waals surface area contributed by atoms with Crippen molar-refractivity contribution >= 4 is 11.6 Å². The fourth-order valence-corrected chi connectivity index (χ4v) is 1.07. The van der Waals surface area contributed by atoms with Crippen LogP contribution in [0.3, 0.4) is 0 Å². The molecule has 74 valence electrons. The van der Waals surface area contributed by atoms with Crippen LogP contribution < -0.4 is 5.32 Å². The molecule has 0 aromatic carbocycles. The van der Waals surface area contributed by atoms with Gasteiger partial charge in [0, 0.05) is 19.8 Å². The van der Waals surface area contributed by atoms with Gasteiger partial charge in [0.1, 0.15) is 0 Å².